The van der Waals surface area contributed by atoms with E-state index in [1.165, 1.54) is 94.7 Å². The molecule has 0 heterocycles. The van der Waals surface area contributed by atoms with Crippen molar-refractivity contribution in [3.8, 4) is 55.6 Å². The molecule has 1 spiro atoms. The van der Waals surface area contributed by atoms with Crippen molar-refractivity contribution >= 4 is 17.1 Å². The highest BCUT2D eigenvalue weighted by Crippen LogP contribution is 2.66. The summed E-state index contributed by atoms with van der Waals surface area (Å²) in [5.74, 6) is 0. The maximum Gasteiger partial charge on any atom is 0.0746 e. The third kappa shape index (κ3) is 4.67. The van der Waals surface area contributed by atoms with Gasteiger partial charge in [0.2, 0.25) is 0 Å². The Morgan fingerprint density at radius 3 is 1.51 bits per heavy atom. The molecule has 0 radical (unpaired) electrons. The number of hydrogen-bond donors (Lipinski definition) is 0. The van der Waals surface area contributed by atoms with Crippen LogP contribution in [0.5, 0.6) is 0 Å². The first kappa shape index (κ1) is 33.9. The van der Waals surface area contributed by atoms with Crippen molar-refractivity contribution in [2.45, 2.75) is 24.7 Å². The minimum Gasteiger partial charge on any atom is -0.310 e. The number of anilines is 3. The molecule has 0 saturated heterocycles. The lowest BCUT2D eigenvalue weighted by Gasteiger charge is -2.37. The Morgan fingerprint density at radius 2 is 0.797 bits per heavy atom. The zero-order chi connectivity index (χ0) is 39.3. The van der Waals surface area contributed by atoms with Gasteiger partial charge in [-0.3, -0.25) is 0 Å². The summed E-state index contributed by atoms with van der Waals surface area (Å²) in [6, 6.07) is 79.3. The SMILES string of the molecule is CC1(C)c2ccccc2-c2ccc(N(c3ccccc3-c3ccccc3)c3cccc4c3C3(c5ccccc5-c5ccc(-c6ccccc6)cc53)c3ccccc3-4)cc21. The Hall–Kier alpha value is -7.22. The molecule has 0 bridgehead atoms. The first-order chi connectivity index (χ1) is 29.0. The lowest BCUT2D eigenvalue weighted by molar-refractivity contribution is 0.660. The van der Waals surface area contributed by atoms with Gasteiger partial charge in [-0.25, -0.2) is 0 Å². The van der Waals surface area contributed by atoms with Crippen molar-refractivity contribution in [2.24, 2.45) is 0 Å². The van der Waals surface area contributed by atoms with Gasteiger partial charge in [0.05, 0.1) is 16.8 Å². The van der Waals surface area contributed by atoms with Gasteiger partial charge < -0.3 is 4.90 Å². The second kappa shape index (κ2) is 12.6. The molecule has 0 aromatic heterocycles. The number of benzene rings is 9. The third-order valence-corrected chi connectivity index (χ3v) is 13.5. The monoisotopic (exact) mass is 751 g/mol. The van der Waals surface area contributed by atoms with Crippen molar-refractivity contribution in [1.82, 2.24) is 0 Å². The van der Waals surface area contributed by atoms with Crippen LogP contribution in [0.2, 0.25) is 0 Å². The third-order valence-electron chi connectivity index (χ3n) is 13.5. The van der Waals surface area contributed by atoms with E-state index in [-0.39, 0.29) is 5.41 Å². The lowest BCUT2D eigenvalue weighted by atomic mass is 9.69. The van der Waals surface area contributed by atoms with Crippen molar-refractivity contribution < 1.29 is 0 Å². The zero-order valence-corrected chi connectivity index (χ0v) is 33.2. The second-order valence-corrected chi connectivity index (χ2v) is 16.8. The molecule has 9 aromatic carbocycles. The molecule has 3 aliphatic rings. The first-order valence-electron chi connectivity index (χ1n) is 20.8. The van der Waals surface area contributed by atoms with Crippen LogP contribution in [-0.2, 0) is 10.8 Å². The van der Waals surface area contributed by atoms with Gasteiger partial charge in [0, 0.05) is 22.2 Å². The van der Waals surface area contributed by atoms with Crippen LogP contribution >= 0.6 is 0 Å². The molecule has 1 unspecified atom stereocenters. The molecule has 59 heavy (non-hydrogen) atoms. The number of hydrogen-bond acceptors (Lipinski definition) is 1. The highest BCUT2D eigenvalue weighted by Gasteiger charge is 2.53. The summed E-state index contributed by atoms with van der Waals surface area (Å²) in [6.45, 7) is 4.76. The van der Waals surface area contributed by atoms with E-state index in [1.807, 2.05) is 0 Å². The van der Waals surface area contributed by atoms with E-state index in [0.717, 1.165) is 11.4 Å². The van der Waals surface area contributed by atoms with Crippen molar-refractivity contribution in [1.29, 1.82) is 0 Å². The van der Waals surface area contributed by atoms with Gasteiger partial charge in [0.25, 0.3) is 0 Å². The van der Waals surface area contributed by atoms with Crippen LogP contribution in [0, 0.1) is 0 Å². The molecule has 1 nitrogen and oxygen atoms in total. The number of rotatable bonds is 5. The van der Waals surface area contributed by atoms with Crippen molar-refractivity contribution in [3.63, 3.8) is 0 Å². The van der Waals surface area contributed by atoms with Gasteiger partial charge in [-0.05, 0) is 108 Å². The summed E-state index contributed by atoms with van der Waals surface area (Å²) in [6.07, 6.45) is 0. The van der Waals surface area contributed by atoms with E-state index in [4.69, 9.17) is 0 Å². The smallest absolute Gasteiger partial charge is 0.0746 e. The Kier molecular flexibility index (Phi) is 7.26. The quantitative estimate of drug-likeness (QED) is 0.169. The topological polar surface area (TPSA) is 3.24 Å². The van der Waals surface area contributed by atoms with Gasteiger partial charge >= 0.3 is 0 Å². The summed E-state index contributed by atoms with van der Waals surface area (Å²) < 4.78 is 0. The zero-order valence-electron chi connectivity index (χ0n) is 33.2. The van der Waals surface area contributed by atoms with E-state index in [1.54, 1.807) is 0 Å². The first-order valence-corrected chi connectivity index (χ1v) is 20.8. The minimum atomic E-state index is -0.564. The molecule has 0 aliphatic heterocycles. The van der Waals surface area contributed by atoms with Crippen LogP contribution in [0.25, 0.3) is 55.6 Å². The summed E-state index contributed by atoms with van der Waals surface area (Å²) in [4.78, 5) is 2.58. The fourth-order valence-electron chi connectivity index (χ4n) is 10.9. The predicted octanol–water partition coefficient (Wildman–Crippen LogP) is 15.1. The summed E-state index contributed by atoms with van der Waals surface area (Å²) in [5, 5.41) is 0. The molecule has 1 atom stereocenters. The number of nitrogens with zero attached hydrogens (tertiary/aromatic N) is 1. The molecule has 3 aliphatic carbocycles. The molecule has 278 valence electrons. The molecular formula is C58H41N. The standard InChI is InChI=1S/C58H41N/c1-57(2)49-27-13-9-23-43(49)46-35-33-41(37-52(46)57)59(54-30-16-12-22-42(54)39-20-7-4-8-21-39)55-31-17-26-48-45-25-11-15-29-51(45)58(56(48)55)50-28-14-10-24-44(50)47-34-32-40(36-53(47)58)38-18-5-3-6-19-38/h3-37H,1-2H3. The van der Waals surface area contributed by atoms with Crippen LogP contribution in [0.3, 0.4) is 0 Å². The van der Waals surface area contributed by atoms with Crippen molar-refractivity contribution in [2.75, 3.05) is 4.90 Å². The summed E-state index contributed by atoms with van der Waals surface area (Å²) in [7, 11) is 0. The van der Waals surface area contributed by atoms with Gasteiger partial charge in [-0.1, -0.05) is 196 Å². The van der Waals surface area contributed by atoms with Crippen LogP contribution in [0.4, 0.5) is 17.1 Å². The van der Waals surface area contributed by atoms with Gasteiger partial charge in [0.15, 0.2) is 0 Å². The maximum atomic E-state index is 2.58. The van der Waals surface area contributed by atoms with Crippen molar-refractivity contribution in [3.05, 3.63) is 246 Å². The fourth-order valence-corrected chi connectivity index (χ4v) is 10.9. The number of fused-ring (bicyclic) bond motifs is 13. The second-order valence-electron chi connectivity index (χ2n) is 16.8. The van der Waals surface area contributed by atoms with Gasteiger partial charge in [0.1, 0.15) is 0 Å². The normalized spacial score (nSPS) is 15.8. The van der Waals surface area contributed by atoms with Crippen LogP contribution in [0.15, 0.2) is 212 Å². The maximum absolute atomic E-state index is 2.58. The van der Waals surface area contributed by atoms with E-state index in [2.05, 4.69) is 231 Å². The molecule has 0 N–H and O–H groups in total. The van der Waals surface area contributed by atoms with E-state index in [9.17, 15) is 0 Å². The summed E-state index contributed by atoms with van der Waals surface area (Å²) in [5.41, 5.74) is 23.5. The average molecular weight is 752 g/mol. The summed E-state index contributed by atoms with van der Waals surface area (Å²) >= 11 is 0. The average Bonchev–Trinajstić information content (AvgIpc) is 3.86. The Labute approximate surface area is 346 Å². The lowest BCUT2D eigenvalue weighted by Crippen LogP contribution is -2.28. The molecule has 1 heteroatoms. The Balaban J connectivity index is 1.20. The largest absolute Gasteiger partial charge is 0.310 e. The minimum absolute atomic E-state index is 0.153. The van der Waals surface area contributed by atoms with Gasteiger partial charge in [-0.15, -0.1) is 0 Å². The molecule has 0 saturated carbocycles. The van der Waals surface area contributed by atoms with E-state index < -0.39 is 5.41 Å². The molecule has 0 fully saturated rings. The van der Waals surface area contributed by atoms with E-state index >= 15 is 0 Å². The van der Waals surface area contributed by atoms with Crippen LogP contribution in [-0.4, -0.2) is 0 Å². The van der Waals surface area contributed by atoms with Gasteiger partial charge in [-0.2, -0.15) is 0 Å². The van der Waals surface area contributed by atoms with Crippen LogP contribution in [0.1, 0.15) is 47.2 Å². The molecule has 12 rings (SSSR count). The molecule has 0 amide bonds. The highest BCUT2D eigenvalue weighted by atomic mass is 15.1. The molecular weight excluding hydrogens is 711 g/mol. The highest BCUT2D eigenvalue weighted by molar-refractivity contribution is 6.01. The van der Waals surface area contributed by atoms with Crippen LogP contribution < -0.4 is 4.90 Å². The molecule has 9 aromatic rings. The predicted molar refractivity (Wildman–Crippen MR) is 246 cm³/mol. The van der Waals surface area contributed by atoms with E-state index in [0.29, 0.717) is 0 Å². The number of para-hydroxylation sites is 1. The Morgan fingerprint density at radius 1 is 0.305 bits per heavy atom. The fraction of sp³-hybridized carbons (Fsp3) is 0.0690. The Bertz CT molecular complexity index is 3120.